The van der Waals surface area contributed by atoms with Gasteiger partial charge in [0, 0.05) is 12.1 Å². The number of carboxylic acids is 1. The second kappa shape index (κ2) is 6.56. The molecule has 1 saturated carbocycles. The average molecular weight is 296 g/mol. The quantitative estimate of drug-likeness (QED) is 0.772. The van der Waals surface area contributed by atoms with Gasteiger partial charge in [-0.1, -0.05) is 19.3 Å². The van der Waals surface area contributed by atoms with E-state index in [9.17, 15) is 14.4 Å². The van der Waals surface area contributed by atoms with Gasteiger partial charge in [0.1, 0.15) is 0 Å². The molecular formula is C15H24N2O4. The molecule has 1 aliphatic carbocycles. The monoisotopic (exact) mass is 296 g/mol. The number of likely N-dealkylation sites (tertiary alicyclic amines) is 1. The summed E-state index contributed by atoms with van der Waals surface area (Å²) >= 11 is 0. The smallest absolute Gasteiger partial charge is 0.317 e. The number of hydrogen-bond acceptors (Lipinski definition) is 4. The largest absolute Gasteiger partial charge is 0.480 e. The molecule has 2 amide bonds. The van der Waals surface area contributed by atoms with Gasteiger partial charge in [0.25, 0.3) is 0 Å². The van der Waals surface area contributed by atoms with Crippen molar-refractivity contribution in [1.29, 1.82) is 0 Å². The fourth-order valence-electron chi connectivity index (χ4n) is 3.43. The summed E-state index contributed by atoms with van der Waals surface area (Å²) in [6.45, 7) is 3.49. The van der Waals surface area contributed by atoms with Gasteiger partial charge >= 0.3 is 5.97 Å². The van der Waals surface area contributed by atoms with E-state index in [0.717, 1.165) is 32.1 Å². The lowest BCUT2D eigenvalue weighted by Gasteiger charge is -2.32. The number of hydrogen-bond donors (Lipinski definition) is 1. The predicted octanol–water partition coefficient (Wildman–Crippen LogP) is 1.24. The van der Waals surface area contributed by atoms with Crippen molar-refractivity contribution in [2.24, 2.45) is 0 Å². The Bertz CT molecular complexity index is 429. The third kappa shape index (κ3) is 3.43. The van der Waals surface area contributed by atoms with Gasteiger partial charge in [-0.3, -0.25) is 24.2 Å². The second-order valence-electron chi connectivity index (χ2n) is 6.27. The molecule has 1 atom stereocenters. The highest BCUT2D eigenvalue weighted by Gasteiger charge is 2.45. The normalized spacial score (nSPS) is 24.4. The Hall–Kier alpha value is -1.43. The molecule has 2 aliphatic rings. The number of imide groups is 1. The molecule has 0 radical (unpaired) electrons. The molecule has 1 aliphatic heterocycles. The van der Waals surface area contributed by atoms with E-state index < -0.39 is 12.0 Å². The van der Waals surface area contributed by atoms with Crippen LogP contribution in [0.1, 0.15) is 52.4 Å². The summed E-state index contributed by atoms with van der Waals surface area (Å²) in [5, 5.41) is 9.01. The Balaban J connectivity index is 2.13. The zero-order valence-corrected chi connectivity index (χ0v) is 12.7. The molecule has 0 aromatic heterocycles. The van der Waals surface area contributed by atoms with Crippen LogP contribution in [-0.2, 0) is 14.4 Å². The van der Waals surface area contributed by atoms with E-state index >= 15 is 0 Å². The van der Waals surface area contributed by atoms with Crippen LogP contribution in [0.2, 0.25) is 0 Å². The molecule has 2 fully saturated rings. The zero-order valence-electron chi connectivity index (χ0n) is 12.7. The fraction of sp³-hybridized carbons (Fsp3) is 0.800. The van der Waals surface area contributed by atoms with E-state index in [-0.39, 0.29) is 36.9 Å². The Morgan fingerprint density at radius 1 is 1.29 bits per heavy atom. The van der Waals surface area contributed by atoms with E-state index in [1.165, 1.54) is 4.90 Å². The lowest BCUT2D eigenvalue weighted by atomic mass is 9.94. The number of rotatable bonds is 5. The van der Waals surface area contributed by atoms with Gasteiger partial charge in [-0.15, -0.1) is 0 Å². The first-order valence-electron chi connectivity index (χ1n) is 7.75. The Kier molecular flexibility index (Phi) is 4.98. The van der Waals surface area contributed by atoms with Crippen LogP contribution in [0.25, 0.3) is 0 Å². The summed E-state index contributed by atoms with van der Waals surface area (Å²) in [4.78, 5) is 38.9. The summed E-state index contributed by atoms with van der Waals surface area (Å²) in [7, 11) is 0. The second-order valence-corrected chi connectivity index (χ2v) is 6.27. The van der Waals surface area contributed by atoms with Gasteiger partial charge in [0.05, 0.1) is 19.0 Å². The summed E-state index contributed by atoms with van der Waals surface area (Å²) in [5.74, 6) is -1.32. The van der Waals surface area contributed by atoms with Crippen molar-refractivity contribution in [2.45, 2.75) is 70.5 Å². The van der Waals surface area contributed by atoms with Crippen LogP contribution >= 0.6 is 0 Å². The highest BCUT2D eigenvalue weighted by atomic mass is 16.4. The van der Waals surface area contributed by atoms with Crippen molar-refractivity contribution in [3.05, 3.63) is 0 Å². The minimum absolute atomic E-state index is 0.0163. The molecule has 0 bridgehead atoms. The van der Waals surface area contributed by atoms with Crippen LogP contribution < -0.4 is 0 Å². The number of aliphatic carboxylic acids is 1. The van der Waals surface area contributed by atoms with E-state index in [0.29, 0.717) is 0 Å². The maximum Gasteiger partial charge on any atom is 0.317 e. The molecule has 0 spiro atoms. The van der Waals surface area contributed by atoms with Gasteiger partial charge in [0.15, 0.2) is 0 Å². The van der Waals surface area contributed by atoms with Gasteiger partial charge < -0.3 is 5.11 Å². The van der Waals surface area contributed by atoms with Crippen molar-refractivity contribution < 1.29 is 19.5 Å². The Morgan fingerprint density at radius 3 is 2.43 bits per heavy atom. The Morgan fingerprint density at radius 2 is 1.90 bits per heavy atom. The van der Waals surface area contributed by atoms with Crippen LogP contribution in [0.4, 0.5) is 0 Å². The van der Waals surface area contributed by atoms with E-state index in [1.807, 2.05) is 13.8 Å². The maximum absolute atomic E-state index is 12.6. The molecule has 1 heterocycles. The fourth-order valence-corrected chi connectivity index (χ4v) is 3.43. The van der Waals surface area contributed by atoms with Gasteiger partial charge in [-0.2, -0.15) is 0 Å². The molecule has 6 nitrogen and oxygen atoms in total. The van der Waals surface area contributed by atoms with E-state index in [1.54, 1.807) is 4.90 Å². The van der Waals surface area contributed by atoms with Crippen molar-refractivity contribution in [3.8, 4) is 0 Å². The van der Waals surface area contributed by atoms with E-state index in [2.05, 4.69) is 0 Å². The molecule has 1 N–H and O–H groups in total. The van der Waals surface area contributed by atoms with Crippen molar-refractivity contribution in [2.75, 3.05) is 6.54 Å². The first kappa shape index (κ1) is 15.9. The lowest BCUT2D eigenvalue weighted by Crippen LogP contribution is -2.49. The van der Waals surface area contributed by atoms with Gasteiger partial charge in [-0.05, 0) is 26.7 Å². The third-order valence-electron chi connectivity index (χ3n) is 4.48. The highest BCUT2D eigenvalue weighted by Crippen LogP contribution is 2.29. The summed E-state index contributed by atoms with van der Waals surface area (Å²) in [6, 6.07) is -0.688. The molecule has 0 aromatic rings. The minimum Gasteiger partial charge on any atom is -0.480 e. The molecule has 1 unspecified atom stereocenters. The third-order valence-corrected chi connectivity index (χ3v) is 4.48. The van der Waals surface area contributed by atoms with Gasteiger partial charge in [-0.25, -0.2) is 0 Å². The number of nitrogens with zero attached hydrogens (tertiary/aromatic N) is 2. The molecule has 1 saturated heterocycles. The molecule has 2 rings (SSSR count). The number of amides is 2. The van der Waals surface area contributed by atoms with Crippen LogP contribution in [-0.4, -0.2) is 57.4 Å². The highest BCUT2D eigenvalue weighted by molar-refractivity contribution is 6.06. The molecule has 6 heteroatoms. The van der Waals surface area contributed by atoms with Crippen LogP contribution in [0.15, 0.2) is 0 Å². The van der Waals surface area contributed by atoms with Crippen molar-refractivity contribution in [3.63, 3.8) is 0 Å². The van der Waals surface area contributed by atoms with Crippen molar-refractivity contribution >= 4 is 17.8 Å². The van der Waals surface area contributed by atoms with E-state index in [4.69, 9.17) is 5.11 Å². The number of carboxylic acid groups (broad SMARTS) is 1. The standard InChI is InChI=1S/C15H24N2O4/c1-10(2)16(9-14(19)20)12-8-13(18)17(15(12)21)11-6-4-3-5-7-11/h10-12H,3-9H2,1-2H3,(H,19,20). The maximum atomic E-state index is 12.6. The molecular weight excluding hydrogens is 272 g/mol. The Labute approximate surface area is 125 Å². The topological polar surface area (TPSA) is 77.9 Å². The van der Waals surface area contributed by atoms with Crippen molar-refractivity contribution in [1.82, 2.24) is 9.80 Å². The number of carbonyl (C=O) groups is 3. The van der Waals surface area contributed by atoms with Gasteiger partial charge in [0.2, 0.25) is 11.8 Å². The van der Waals surface area contributed by atoms with Crippen LogP contribution in [0.5, 0.6) is 0 Å². The lowest BCUT2D eigenvalue weighted by molar-refractivity contribution is -0.144. The zero-order chi connectivity index (χ0) is 15.6. The minimum atomic E-state index is -0.972. The predicted molar refractivity (Wildman–Crippen MR) is 76.6 cm³/mol. The average Bonchev–Trinajstić information content (AvgIpc) is 2.71. The SMILES string of the molecule is CC(C)N(CC(=O)O)C1CC(=O)N(C2CCCCC2)C1=O. The summed E-state index contributed by atoms with van der Waals surface area (Å²) < 4.78 is 0. The van der Waals surface area contributed by atoms with Crippen LogP contribution in [0, 0.1) is 0 Å². The molecule has 118 valence electrons. The molecule has 21 heavy (non-hydrogen) atoms. The summed E-state index contributed by atoms with van der Waals surface area (Å²) in [6.07, 6.45) is 5.13. The van der Waals surface area contributed by atoms with Crippen LogP contribution in [0.3, 0.4) is 0 Å². The first-order chi connectivity index (χ1) is 9.91. The number of carbonyl (C=O) groups excluding carboxylic acids is 2. The summed E-state index contributed by atoms with van der Waals surface area (Å²) in [5.41, 5.74) is 0. The molecule has 0 aromatic carbocycles. The first-order valence-corrected chi connectivity index (χ1v) is 7.75.